The lowest BCUT2D eigenvalue weighted by Crippen LogP contribution is -2.37. The number of nitrogens with one attached hydrogen (secondary N) is 1. The minimum Gasteiger partial charge on any atom is -0.481 e. The predicted molar refractivity (Wildman–Crippen MR) is 81.0 cm³/mol. The quantitative estimate of drug-likeness (QED) is 0.859. The van der Waals surface area contributed by atoms with E-state index < -0.39 is 0 Å². The SMILES string of the molecule is CCN1CCC(CNCc2c(C)nn(C)c2OC)CC1. The van der Waals surface area contributed by atoms with Crippen LogP contribution >= 0.6 is 0 Å². The van der Waals surface area contributed by atoms with Gasteiger partial charge in [-0.1, -0.05) is 6.92 Å². The fraction of sp³-hybridized carbons (Fsp3) is 0.800. The Kier molecular flexibility index (Phi) is 5.43. The van der Waals surface area contributed by atoms with Gasteiger partial charge in [0.05, 0.1) is 18.4 Å². The minimum absolute atomic E-state index is 0.806. The van der Waals surface area contributed by atoms with Gasteiger partial charge < -0.3 is 15.0 Å². The van der Waals surface area contributed by atoms with Gasteiger partial charge in [0.15, 0.2) is 0 Å². The number of likely N-dealkylation sites (tertiary alicyclic amines) is 1. The van der Waals surface area contributed by atoms with Gasteiger partial charge in [-0.25, -0.2) is 4.68 Å². The zero-order valence-electron chi connectivity index (χ0n) is 13.3. The second-order valence-corrected chi connectivity index (χ2v) is 5.71. The Morgan fingerprint density at radius 2 is 2.05 bits per heavy atom. The highest BCUT2D eigenvalue weighted by molar-refractivity contribution is 5.30. The van der Waals surface area contributed by atoms with E-state index in [1.807, 2.05) is 18.7 Å². The molecule has 0 atom stereocenters. The van der Waals surface area contributed by atoms with Crippen LogP contribution in [0.1, 0.15) is 31.0 Å². The third-order valence-corrected chi connectivity index (χ3v) is 4.37. The number of piperidine rings is 1. The number of aromatic nitrogens is 2. The summed E-state index contributed by atoms with van der Waals surface area (Å²) in [6.45, 7) is 9.91. The van der Waals surface area contributed by atoms with E-state index >= 15 is 0 Å². The van der Waals surface area contributed by atoms with Gasteiger partial charge in [-0.05, 0) is 51.9 Å². The number of rotatable bonds is 6. The summed E-state index contributed by atoms with van der Waals surface area (Å²) in [5.41, 5.74) is 2.23. The summed E-state index contributed by atoms with van der Waals surface area (Å²) in [6.07, 6.45) is 2.62. The maximum atomic E-state index is 5.42. The zero-order chi connectivity index (χ0) is 14.5. The maximum absolute atomic E-state index is 5.42. The van der Waals surface area contributed by atoms with Gasteiger partial charge in [0, 0.05) is 13.6 Å². The molecule has 0 saturated carbocycles. The molecule has 1 aliphatic heterocycles. The number of methoxy groups -OCH3 is 1. The van der Waals surface area contributed by atoms with Gasteiger partial charge in [0.2, 0.25) is 5.88 Å². The first-order valence-electron chi connectivity index (χ1n) is 7.65. The van der Waals surface area contributed by atoms with E-state index in [2.05, 4.69) is 22.2 Å². The number of nitrogens with zero attached hydrogens (tertiary/aromatic N) is 3. The fourth-order valence-electron chi connectivity index (χ4n) is 3.05. The number of ether oxygens (including phenoxy) is 1. The van der Waals surface area contributed by atoms with Gasteiger partial charge in [0.1, 0.15) is 0 Å². The first kappa shape index (κ1) is 15.3. The van der Waals surface area contributed by atoms with Crippen molar-refractivity contribution in [3.63, 3.8) is 0 Å². The first-order chi connectivity index (χ1) is 9.65. The molecule has 0 aromatic carbocycles. The third kappa shape index (κ3) is 3.52. The van der Waals surface area contributed by atoms with Crippen molar-refractivity contribution in [1.82, 2.24) is 20.0 Å². The monoisotopic (exact) mass is 280 g/mol. The molecule has 114 valence electrons. The normalized spacial score (nSPS) is 17.6. The van der Waals surface area contributed by atoms with Crippen LogP contribution < -0.4 is 10.1 Å². The van der Waals surface area contributed by atoms with Crippen molar-refractivity contribution in [3.8, 4) is 5.88 Å². The number of hydrogen-bond donors (Lipinski definition) is 1. The van der Waals surface area contributed by atoms with E-state index in [9.17, 15) is 0 Å². The molecule has 5 heteroatoms. The molecule has 1 aromatic heterocycles. The third-order valence-electron chi connectivity index (χ3n) is 4.37. The molecule has 1 aromatic rings. The van der Waals surface area contributed by atoms with E-state index in [1.54, 1.807) is 7.11 Å². The lowest BCUT2D eigenvalue weighted by molar-refractivity contribution is 0.190. The molecule has 0 unspecified atom stereocenters. The van der Waals surface area contributed by atoms with Crippen molar-refractivity contribution in [2.45, 2.75) is 33.2 Å². The number of hydrogen-bond acceptors (Lipinski definition) is 4. The Balaban J connectivity index is 1.79. The molecule has 0 amide bonds. The highest BCUT2D eigenvalue weighted by atomic mass is 16.5. The molecular formula is C15H28N4O. The van der Waals surface area contributed by atoms with Crippen molar-refractivity contribution in [2.75, 3.05) is 33.3 Å². The molecule has 1 N–H and O–H groups in total. The van der Waals surface area contributed by atoms with Crippen LogP contribution in [0.3, 0.4) is 0 Å². The molecule has 1 saturated heterocycles. The Hall–Kier alpha value is -1.07. The summed E-state index contributed by atoms with van der Waals surface area (Å²) in [5.74, 6) is 1.68. The van der Waals surface area contributed by atoms with E-state index in [4.69, 9.17) is 4.74 Å². The molecule has 2 heterocycles. The molecule has 0 bridgehead atoms. The van der Waals surface area contributed by atoms with Gasteiger partial charge in [-0.2, -0.15) is 5.10 Å². The minimum atomic E-state index is 0.806. The zero-order valence-corrected chi connectivity index (χ0v) is 13.3. The second kappa shape index (κ2) is 7.09. The van der Waals surface area contributed by atoms with Crippen LogP contribution in [0, 0.1) is 12.8 Å². The van der Waals surface area contributed by atoms with Crippen LogP contribution in [0.15, 0.2) is 0 Å². The Morgan fingerprint density at radius 3 is 2.65 bits per heavy atom. The summed E-state index contributed by atoms with van der Waals surface area (Å²) in [7, 11) is 3.64. The smallest absolute Gasteiger partial charge is 0.216 e. The van der Waals surface area contributed by atoms with Crippen molar-refractivity contribution in [2.24, 2.45) is 13.0 Å². The largest absolute Gasteiger partial charge is 0.481 e. The van der Waals surface area contributed by atoms with E-state index in [-0.39, 0.29) is 0 Å². The molecule has 1 fully saturated rings. The van der Waals surface area contributed by atoms with Crippen LogP contribution in [0.2, 0.25) is 0 Å². The fourth-order valence-corrected chi connectivity index (χ4v) is 3.05. The van der Waals surface area contributed by atoms with Gasteiger partial charge in [-0.3, -0.25) is 0 Å². The van der Waals surface area contributed by atoms with Crippen molar-refractivity contribution in [3.05, 3.63) is 11.3 Å². The maximum Gasteiger partial charge on any atom is 0.216 e. The lowest BCUT2D eigenvalue weighted by Gasteiger charge is -2.31. The highest BCUT2D eigenvalue weighted by Crippen LogP contribution is 2.21. The summed E-state index contributed by atoms with van der Waals surface area (Å²) in [4.78, 5) is 2.53. The Bertz CT molecular complexity index is 422. The summed E-state index contributed by atoms with van der Waals surface area (Å²) < 4.78 is 7.23. The second-order valence-electron chi connectivity index (χ2n) is 5.71. The van der Waals surface area contributed by atoms with Crippen LogP contribution in [-0.2, 0) is 13.6 Å². The standard InChI is InChI=1S/C15H28N4O/c1-5-19-8-6-13(7-9-19)10-16-11-14-12(2)17-18(3)15(14)20-4/h13,16H,5-11H2,1-4H3. The van der Waals surface area contributed by atoms with E-state index in [0.29, 0.717) is 0 Å². The average Bonchev–Trinajstić information content (AvgIpc) is 2.73. The van der Waals surface area contributed by atoms with Crippen LogP contribution in [0.5, 0.6) is 5.88 Å². The van der Waals surface area contributed by atoms with Gasteiger partial charge in [-0.15, -0.1) is 0 Å². The molecule has 1 aliphatic rings. The van der Waals surface area contributed by atoms with E-state index in [0.717, 1.165) is 30.6 Å². The summed E-state index contributed by atoms with van der Waals surface area (Å²) in [6, 6.07) is 0. The van der Waals surface area contributed by atoms with Crippen LogP contribution in [0.25, 0.3) is 0 Å². The molecular weight excluding hydrogens is 252 g/mol. The molecule has 5 nitrogen and oxygen atoms in total. The van der Waals surface area contributed by atoms with Crippen molar-refractivity contribution >= 4 is 0 Å². The topological polar surface area (TPSA) is 42.3 Å². The average molecular weight is 280 g/mol. The Morgan fingerprint density at radius 1 is 1.35 bits per heavy atom. The molecule has 0 radical (unpaired) electrons. The van der Waals surface area contributed by atoms with Crippen LogP contribution in [-0.4, -0.2) is 48.0 Å². The molecule has 0 spiro atoms. The van der Waals surface area contributed by atoms with Crippen molar-refractivity contribution < 1.29 is 4.74 Å². The molecule has 2 rings (SSSR count). The van der Waals surface area contributed by atoms with Gasteiger partial charge >= 0.3 is 0 Å². The molecule has 20 heavy (non-hydrogen) atoms. The summed E-state index contributed by atoms with van der Waals surface area (Å²) in [5, 5.41) is 7.99. The van der Waals surface area contributed by atoms with Crippen molar-refractivity contribution in [1.29, 1.82) is 0 Å². The van der Waals surface area contributed by atoms with E-state index in [1.165, 1.54) is 38.0 Å². The summed E-state index contributed by atoms with van der Waals surface area (Å²) >= 11 is 0. The lowest BCUT2D eigenvalue weighted by atomic mass is 9.97. The predicted octanol–water partition coefficient (Wildman–Crippen LogP) is 1.56. The first-order valence-corrected chi connectivity index (χ1v) is 7.65. The number of aryl methyl sites for hydroxylation is 2. The van der Waals surface area contributed by atoms with Crippen LogP contribution in [0.4, 0.5) is 0 Å². The highest BCUT2D eigenvalue weighted by Gasteiger charge is 2.18. The molecule has 0 aliphatic carbocycles. The van der Waals surface area contributed by atoms with Gasteiger partial charge in [0.25, 0.3) is 0 Å². The Labute approximate surface area is 122 Å².